The minimum absolute atomic E-state index is 0.123. The second kappa shape index (κ2) is 5.31. The Morgan fingerprint density at radius 1 is 1.29 bits per heavy atom. The molecule has 0 bridgehead atoms. The van der Waals surface area contributed by atoms with E-state index in [1.807, 2.05) is 6.92 Å². The molecule has 3 rings (SSSR count). The Balaban J connectivity index is 1.72. The van der Waals surface area contributed by atoms with Crippen LogP contribution in [0.25, 0.3) is 0 Å². The SMILES string of the molecule is CCNc1cnc(CN2C(=O)NC3(CCCC3)C2=O)cn1. The quantitative estimate of drug-likeness (QED) is 0.815. The van der Waals surface area contributed by atoms with E-state index in [0.717, 1.165) is 32.2 Å². The van der Waals surface area contributed by atoms with Crippen LogP contribution in [0.1, 0.15) is 38.3 Å². The van der Waals surface area contributed by atoms with Crippen LogP contribution < -0.4 is 10.6 Å². The molecular formula is C14H19N5O2. The van der Waals surface area contributed by atoms with Gasteiger partial charge in [0.05, 0.1) is 24.6 Å². The first kappa shape index (κ1) is 13.8. The highest BCUT2D eigenvalue weighted by atomic mass is 16.2. The average Bonchev–Trinajstić information content (AvgIpc) is 3.03. The van der Waals surface area contributed by atoms with Crippen molar-refractivity contribution < 1.29 is 9.59 Å². The third kappa shape index (κ3) is 2.43. The largest absolute Gasteiger partial charge is 0.369 e. The second-order valence-electron chi connectivity index (χ2n) is 5.53. The van der Waals surface area contributed by atoms with Gasteiger partial charge in [0.2, 0.25) is 0 Å². The standard InChI is InChI=1S/C14H19N5O2/c1-2-15-11-8-16-10(7-17-11)9-19-12(20)14(18-13(19)21)5-3-4-6-14/h7-8H,2-6,9H2,1H3,(H,15,17)(H,18,21). The molecule has 21 heavy (non-hydrogen) atoms. The fraction of sp³-hybridized carbons (Fsp3) is 0.571. The number of carbonyl (C=O) groups is 2. The molecule has 0 unspecified atom stereocenters. The van der Waals surface area contributed by atoms with E-state index < -0.39 is 5.54 Å². The third-order valence-electron chi connectivity index (χ3n) is 4.09. The van der Waals surface area contributed by atoms with E-state index in [-0.39, 0.29) is 18.5 Å². The summed E-state index contributed by atoms with van der Waals surface area (Å²) in [5.74, 6) is 0.563. The lowest BCUT2D eigenvalue weighted by Crippen LogP contribution is -2.44. The summed E-state index contributed by atoms with van der Waals surface area (Å²) in [6, 6.07) is -0.320. The molecule has 3 amide bonds. The van der Waals surface area contributed by atoms with Crippen molar-refractivity contribution in [1.29, 1.82) is 0 Å². The summed E-state index contributed by atoms with van der Waals surface area (Å²) in [5.41, 5.74) is -0.0518. The molecule has 1 aromatic rings. The molecule has 7 heteroatoms. The van der Waals surface area contributed by atoms with Crippen LogP contribution in [0.5, 0.6) is 0 Å². The van der Waals surface area contributed by atoms with Gasteiger partial charge in [0, 0.05) is 6.54 Å². The van der Waals surface area contributed by atoms with Crippen LogP contribution in [0, 0.1) is 0 Å². The van der Waals surface area contributed by atoms with E-state index >= 15 is 0 Å². The lowest BCUT2D eigenvalue weighted by atomic mass is 9.98. The number of amides is 3. The van der Waals surface area contributed by atoms with Crippen molar-refractivity contribution in [2.45, 2.75) is 44.7 Å². The van der Waals surface area contributed by atoms with Gasteiger partial charge in [0.15, 0.2) is 0 Å². The predicted molar refractivity (Wildman–Crippen MR) is 76.5 cm³/mol. The monoisotopic (exact) mass is 289 g/mol. The number of urea groups is 1. The van der Waals surface area contributed by atoms with E-state index in [4.69, 9.17) is 0 Å². The first-order chi connectivity index (χ1) is 10.1. The molecule has 0 radical (unpaired) electrons. The fourth-order valence-corrected chi connectivity index (χ4v) is 3.01. The molecule has 2 N–H and O–H groups in total. The number of aromatic nitrogens is 2. The normalized spacial score (nSPS) is 20.1. The minimum atomic E-state index is -0.659. The summed E-state index contributed by atoms with van der Waals surface area (Å²) in [6.07, 6.45) is 6.65. The van der Waals surface area contributed by atoms with E-state index in [2.05, 4.69) is 20.6 Å². The number of carbonyl (C=O) groups excluding carboxylic acids is 2. The summed E-state index contributed by atoms with van der Waals surface area (Å²) in [5, 5.41) is 5.91. The molecule has 2 fully saturated rings. The van der Waals surface area contributed by atoms with Crippen molar-refractivity contribution in [2.24, 2.45) is 0 Å². The Morgan fingerprint density at radius 3 is 2.67 bits per heavy atom. The van der Waals surface area contributed by atoms with Crippen molar-refractivity contribution in [1.82, 2.24) is 20.2 Å². The molecule has 112 valence electrons. The van der Waals surface area contributed by atoms with Gasteiger partial charge in [-0.2, -0.15) is 0 Å². The third-order valence-corrected chi connectivity index (χ3v) is 4.09. The molecule has 1 aliphatic heterocycles. The summed E-state index contributed by atoms with van der Waals surface area (Å²) in [7, 11) is 0. The zero-order chi connectivity index (χ0) is 14.9. The molecule has 1 saturated carbocycles. The lowest BCUT2D eigenvalue weighted by molar-refractivity contribution is -0.131. The summed E-state index contributed by atoms with van der Waals surface area (Å²) >= 11 is 0. The van der Waals surface area contributed by atoms with E-state index in [0.29, 0.717) is 11.5 Å². The number of nitrogens with one attached hydrogen (secondary N) is 2. The highest BCUT2D eigenvalue weighted by Crippen LogP contribution is 2.35. The highest BCUT2D eigenvalue weighted by molar-refractivity contribution is 6.07. The summed E-state index contributed by atoms with van der Waals surface area (Å²) in [6.45, 7) is 2.92. The number of anilines is 1. The van der Waals surface area contributed by atoms with Crippen molar-refractivity contribution >= 4 is 17.8 Å². The van der Waals surface area contributed by atoms with E-state index in [9.17, 15) is 9.59 Å². The number of hydrogen-bond acceptors (Lipinski definition) is 5. The van der Waals surface area contributed by atoms with Crippen LogP contribution in [0.4, 0.5) is 10.6 Å². The van der Waals surface area contributed by atoms with Crippen LogP contribution >= 0.6 is 0 Å². The van der Waals surface area contributed by atoms with Gasteiger partial charge in [-0.1, -0.05) is 12.8 Å². The molecule has 0 aromatic carbocycles. The molecule has 1 aromatic heterocycles. The zero-order valence-corrected chi connectivity index (χ0v) is 12.1. The molecular weight excluding hydrogens is 270 g/mol. The highest BCUT2D eigenvalue weighted by Gasteiger charge is 2.52. The first-order valence-corrected chi connectivity index (χ1v) is 7.33. The van der Waals surface area contributed by atoms with Gasteiger partial charge >= 0.3 is 6.03 Å². The first-order valence-electron chi connectivity index (χ1n) is 7.33. The van der Waals surface area contributed by atoms with Crippen LogP contribution in [-0.4, -0.2) is 38.9 Å². The molecule has 2 heterocycles. The fourth-order valence-electron chi connectivity index (χ4n) is 3.01. The summed E-state index contributed by atoms with van der Waals surface area (Å²) in [4.78, 5) is 34.3. The van der Waals surface area contributed by atoms with Crippen LogP contribution in [-0.2, 0) is 11.3 Å². The number of hydrogen-bond donors (Lipinski definition) is 2. The topological polar surface area (TPSA) is 87.2 Å². The van der Waals surface area contributed by atoms with Gasteiger partial charge in [-0.05, 0) is 19.8 Å². The van der Waals surface area contributed by atoms with Gasteiger partial charge in [0.1, 0.15) is 11.4 Å². The van der Waals surface area contributed by atoms with Gasteiger partial charge in [-0.15, -0.1) is 0 Å². The van der Waals surface area contributed by atoms with Crippen molar-refractivity contribution in [2.75, 3.05) is 11.9 Å². The Hall–Kier alpha value is -2.18. The van der Waals surface area contributed by atoms with Crippen molar-refractivity contribution in [3.05, 3.63) is 18.1 Å². The predicted octanol–water partition coefficient (Wildman–Crippen LogP) is 1.27. The van der Waals surface area contributed by atoms with Crippen LogP contribution in [0.2, 0.25) is 0 Å². The number of imide groups is 1. The van der Waals surface area contributed by atoms with Crippen LogP contribution in [0.15, 0.2) is 12.4 Å². The number of rotatable bonds is 4. The van der Waals surface area contributed by atoms with Crippen LogP contribution in [0.3, 0.4) is 0 Å². The zero-order valence-electron chi connectivity index (χ0n) is 12.1. The smallest absolute Gasteiger partial charge is 0.325 e. The molecule has 1 spiro atoms. The molecule has 0 atom stereocenters. The van der Waals surface area contributed by atoms with Gasteiger partial charge in [-0.3, -0.25) is 14.7 Å². The number of nitrogens with zero attached hydrogens (tertiary/aromatic N) is 3. The Labute approximate surface area is 123 Å². The molecule has 2 aliphatic rings. The summed E-state index contributed by atoms with van der Waals surface area (Å²) < 4.78 is 0. The Kier molecular flexibility index (Phi) is 3.48. The lowest BCUT2D eigenvalue weighted by Gasteiger charge is -2.19. The van der Waals surface area contributed by atoms with E-state index in [1.54, 1.807) is 12.4 Å². The van der Waals surface area contributed by atoms with E-state index in [1.165, 1.54) is 4.90 Å². The molecule has 1 saturated heterocycles. The van der Waals surface area contributed by atoms with Gasteiger partial charge in [0.25, 0.3) is 5.91 Å². The maximum Gasteiger partial charge on any atom is 0.325 e. The average molecular weight is 289 g/mol. The van der Waals surface area contributed by atoms with Gasteiger partial charge < -0.3 is 10.6 Å². The maximum absolute atomic E-state index is 12.5. The molecule has 1 aliphatic carbocycles. The molecule has 7 nitrogen and oxygen atoms in total. The van der Waals surface area contributed by atoms with Gasteiger partial charge in [-0.25, -0.2) is 9.78 Å². The maximum atomic E-state index is 12.5. The second-order valence-corrected chi connectivity index (χ2v) is 5.53. The minimum Gasteiger partial charge on any atom is -0.369 e. The van der Waals surface area contributed by atoms with Crippen molar-refractivity contribution in [3.8, 4) is 0 Å². The Bertz CT molecular complexity index is 551. The Morgan fingerprint density at radius 2 is 2.05 bits per heavy atom. The van der Waals surface area contributed by atoms with Crippen molar-refractivity contribution in [3.63, 3.8) is 0 Å².